The maximum Gasteiger partial charge on any atom is 0.407 e. The van der Waals surface area contributed by atoms with E-state index in [1.807, 2.05) is 0 Å². The maximum absolute atomic E-state index is 10.9. The first kappa shape index (κ1) is 12.9. The van der Waals surface area contributed by atoms with Crippen molar-refractivity contribution in [1.82, 2.24) is 5.32 Å². The third kappa shape index (κ3) is 2.93. The van der Waals surface area contributed by atoms with Crippen LogP contribution in [0.15, 0.2) is 12.1 Å². The summed E-state index contributed by atoms with van der Waals surface area (Å²) in [5, 5.41) is 3.19. The summed E-state index contributed by atoms with van der Waals surface area (Å²) >= 11 is 11.9. The zero-order valence-corrected chi connectivity index (χ0v) is 10.4. The second kappa shape index (κ2) is 5.82. The number of hydrogen-bond acceptors (Lipinski definition) is 3. The van der Waals surface area contributed by atoms with Gasteiger partial charge in [0.15, 0.2) is 0 Å². The molecule has 88 valence electrons. The van der Waals surface area contributed by atoms with E-state index in [1.54, 1.807) is 12.1 Å². The molecule has 1 aromatic carbocycles. The quantitative estimate of drug-likeness (QED) is 0.913. The topological polar surface area (TPSA) is 47.6 Å². The fourth-order valence-electron chi connectivity index (χ4n) is 1.11. The van der Waals surface area contributed by atoms with Crippen LogP contribution in [0.2, 0.25) is 10.0 Å². The van der Waals surface area contributed by atoms with E-state index in [4.69, 9.17) is 27.9 Å². The Morgan fingerprint density at radius 3 is 2.56 bits per heavy atom. The van der Waals surface area contributed by atoms with E-state index in [-0.39, 0.29) is 6.54 Å². The standard InChI is InChI=1S/C10H11Cl2NO3/c1-15-7-4-3-6(8(11)9(7)12)5-13-10(14)16-2/h3-4H,5H2,1-2H3,(H,13,14). The molecule has 16 heavy (non-hydrogen) atoms. The van der Waals surface area contributed by atoms with Crippen molar-refractivity contribution in [3.8, 4) is 5.75 Å². The summed E-state index contributed by atoms with van der Waals surface area (Å²) in [6.07, 6.45) is -0.525. The zero-order chi connectivity index (χ0) is 12.1. The molecule has 0 heterocycles. The molecule has 0 unspecified atom stereocenters. The van der Waals surface area contributed by atoms with Crippen LogP contribution >= 0.6 is 23.2 Å². The summed E-state index contributed by atoms with van der Waals surface area (Å²) < 4.78 is 9.44. The normalized spacial score (nSPS) is 9.75. The van der Waals surface area contributed by atoms with Gasteiger partial charge in [0.25, 0.3) is 0 Å². The maximum atomic E-state index is 10.9. The molecule has 0 saturated carbocycles. The van der Waals surface area contributed by atoms with Gasteiger partial charge in [-0.2, -0.15) is 0 Å². The Morgan fingerprint density at radius 2 is 2.00 bits per heavy atom. The smallest absolute Gasteiger partial charge is 0.407 e. The van der Waals surface area contributed by atoms with Gasteiger partial charge in [0, 0.05) is 6.54 Å². The minimum atomic E-state index is -0.525. The lowest BCUT2D eigenvalue weighted by molar-refractivity contribution is 0.170. The molecular weight excluding hydrogens is 253 g/mol. The number of halogens is 2. The molecule has 0 atom stereocenters. The molecule has 0 spiro atoms. The van der Waals surface area contributed by atoms with Crippen LogP contribution in [-0.4, -0.2) is 20.3 Å². The Kier molecular flexibility index (Phi) is 4.71. The van der Waals surface area contributed by atoms with Gasteiger partial charge in [0.05, 0.1) is 19.2 Å². The molecule has 0 bridgehead atoms. The zero-order valence-electron chi connectivity index (χ0n) is 8.84. The first-order valence-corrected chi connectivity index (χ1v) is 5.18. The molecule has 1 N–H and O–H groups in total. The number of hydrogen-bond donors (Lipinski definition) is 1. The molecule has 0 radical (unpaired) electrons. The number of benzene rings is 1. The number of ether oxygens (including phenoxy) is 2. The Bertz CT molecular complexity index is 396. The average Bonchev–Trinajstić information content (AvgIpc) is 2.30. The summed E-state index contributed by atoms with van der Waals surface area (Å²) in [4.78, 5) is 10.9. The van der Waals surface area contributed by atoms with Crippen LogP contribution in [0.5, 0.6) is 5.75 Å². The summed E-state index contributed by atoms with van der Waals surface area (Å²) in [7, 11) is 2.79. The minimum Gasteiger partial charge on any atom is -0.495 e. The highest BCUT2D eigenvalue weighted by Crippen LogP contribution is 2.34. The Hall–Kier alpha value is -1.13. The van der Waals surface area contributed by atoms with E-state index in [0.717, 1.165) is 0 Å². The van der Waals surface area contributed by atoms with E-state index in [1.165, 1.54) is 14.2 Å². The number of nitrogens with one attached hydrogen (secondary N) is 1. The summed E-state index contributed by atoms with van der Waals surface area (Å²) in [5.41, 5.74) is 0.692. The number of carbonyl (C=O) groups excluding carboxylic acids is 1. The highest BCUT2D eigenvalue weighted by atomic mass is 35.5. The van der Waals surface area contributed by atoms with Crippen molar-refractivity contribution in [1.29, 1.82) is 0 Å². The van der Waals surface area contributed by atoms with Gasteiger partial charge in [-0.3, -0.25) is 0 Å². The largest absolute Gasteiger partial charge is 0.495 e. The summed E-state index contributed by atoms with van der Waals surface area (Å²) in [6, 6.07) is 3.41. The van der Waals surface area contributed by atoms with Crippen LogP contribution in [0, 0.1) is 0 Å². The summed E-state index contributed by atoms with van der Waals surface area (Å²) in [5.74, 6) is 0.494. The van der Waals surface area contributed by atoms with Gasteiger partial charge in [0.1, 0.15) is 10.8 Å². The van der Waals surface area contributed by atoms with Crippen molar-refractivity contribution in [3.05, 3.63) is 27.7 Å². The lowest BCUT2D eigenvalue weighted by atomic mass is 10.2. The summed E-state index contributed by atoms with van der Waals surface area (Å²) in [6.45, 7) is 0.245. The van der Waals surface area contributed by atoms with Gasteiger partial charge in [-0.25, -0.2) is 4.79 Å². The van der Waals surface area contributed by atoms with Crippen LogP contribution in [0.3, 0.4) is 0 Å². The van der Waals surface area contributed by atoms with Crippen LogP contribution in [-0.2, 0) is 11.3 Å². The monoisotopic (exact) mass is 263 g/mol. The van der Waals surface area contributed by atoms with Gasteiger partial charge >= 0.3 is 6.09 Å². The fraction of sp³-hybridized carbons (Fsp3) is 0.300. The van der Waals surface area contributed by atoms with Crippen molar-refractivity contribution >= 4 is 29.3 Å². The highest BCUT2D eigenvalue weighted by molar-refractivity contribution is 6.43. The molecule has 0 saturated heterocycles. The number of rotatable bonds is 3. The van der Waals surface area contributed by atoms with E-state index < -0.39 is 6.09 Å². The van der Waals surface area contributed by atoms with E-state index in [0.29, 0.717) is 21.4 Å². The second-order valence-electron chi connectivity index (χ2n) is 2.90. The fourth-order valence-corrected chi connectivity index (χ4v) is 1.59. The van der Waals surface area contributed by atoms with Crippen molar-refractivity contribution in [3.63, 3.8) is 0 Å². The molecule has 6 heteroatoms. The number of amides is 1. The molecule has 0 aliphatic carbocycles. The molecule has 1 rings (SSSR count). The molecule has 0 aliphatic heterocycles. The van der Waals surface area contributed by atoms with Gasteiger partial charge < -0.3 is 14.8 Å². The third-order valence-electron chi connectivity index (χ3n) is 1.96. The Balaban J connectivity index is 2.82. The molecule has 0 aliphatic rings. The van der Waals surface area contributed by atoms with E-state index in [2.05, 4.69) is 10.1 Å². The van der Waals surface area contributed by atoms with Crippen molar-refractivity contribution in [2.45, 2.75) is 6.54 Å². The molecule has 4 nitrogen and oxygen atoms in total. The molecule has 0 aromatic heterocycles. The number of alkyl carbamates (subject to hydrolysis) is 1. The van der Waals surface area contributed by atoms with Gasteiger partial charge in [-0.1, -0.05) is 29.3 Å². The van der Waals surface area contributed by atoms with Crippen molar-refractivity contribution < 1.29 is 14.3 Å². The van der Waals surface area contributed by atoms with E-state index >= 15 is 0 Å². The van der Waals surface area contributed by atoms with Crippen LogP contribution in [0.4, 0.5) is 4.79 Å². The average molecular weight is 264 g/mol. The molecule has 0 fully saturated rings. The first-order chi connectivity index (χ1) is 7.60. The van der Waals surface area contributed by atoms with Crippen LogP contribution in [0.1, 0.15) is 5.56 Å². The SMILES string of the molecule is COC(=O)NCc1ccc(OC)c(Cl)c1Cl. The predicted molar refractivity (Wildman–Crippen MR) is 62.3 cm³/mol. The molecular formula is C10H11Cl2NO3. The lowest BCUT2D eigenvalue weighted by Crippen LogP contribution is -2.22. The van der Waals surface area contributed by atoms with Crippen LogP contribution in [0.25, 0.3) is 0 Å². The third-order valence-corrected chi connectivity index (χ3v) is 2.86. The molecule has 1 amide bonds. The number of methoxy groups -OCH3 is 2. The Labute approximate surface area is 103 Å². The highest BCUT2D eigenvalue weighted by Gasteiger charge is 2.11. The lowest BCUT2D eigenvalue weighted by Gasteiger charge is -2.10. The second-order valence-corrected chi connectivity index (χ2v) is 3.66. The van der Waals surface area contributed by atoms with Gasteiger partial charge in [0.2, 0.25) is 0 Å². The minimum absolute atomic E-state index is 0.245. The Morgan fingerprint density at radius 1 is 1.31 bits per heavy atom. The van der Waals surface area contributed by atoms with E-state index in [9.17, 15) is 4.79 Å². The van der Waals surface area contributed by atoms with Gasteiger partial charge in [-0.15, -0.1) is 0 Å². The molecule has 1 aromatic rings. The predicted octanol–water partition coefficient (Wildman–Crippen LogP) is 2.86. The number of carbonyl (C=O) groups is 1. The van der Waals surface area contributed by atoms with Crippen molar-refractivity contribution in [2.24, 2.45) is 0 Å². The van der Waals surface area contributed by atoms with Crippen LogP contribution < -0.4 is 10.1 Å². The van der Waals surface area contributed by atoms with Gasteiger partial charge in [-0.05, 0) is 11.6 Å². The first-order valence-electron chi connectivity index (χ1n) is 4.42. The van der Waals surface area contributed by atoms with Crippen molar-refractivity contribution in [2.75, 3.05) is 14.2 Å².